The summed E-state index contributed by atoms with van der Waals surface area (Å²) >= 11 is 0. The van der Waals surface area contributed by atoms with Crippen molar-refractivity contribution < 1.29 is 18.3 Å². The molecule has 0 bridgehead atoms. The monoisotopic (exact) mass is 241 g/mol. The third-order valence-electron chi connectivity index (χ3n) is 2.50. The lowest BCUT2D eigenvalue weighted by molar-refractivity contribution is -0.143. The lowest BCUT2D eigenvalue weighted by Gasteiger charge is -2.06. The lowest BCUT2D eigenvalue weighted by Crippen LogP contribution is -2.26. The third kappa shape index (κ3) is 3.78. The van der Waals surface area contributed by atoms with Crippen LogP contribution in [0, 0.1) is 11.6 Å². The van der Waals surface area contributed by atoms with Gasteiger partial charge >= 0.3 is 5.97 Å². The molecule has 0 radical (unpaired) electrons. The van der Waals surface area contributed by atoms with E-state index in [1.54, 1.807) is 0 Å². The fraction of sp³-hybridized carbons (Fsp3) is 0.417. The minimum absolute atomic E-state index is 0.0393. The maximum absolute atomic E-state index is 12.8. The molecule has 2 rings (SSSR count). The zero-order valence-electron chi connectivity index (χ0n) is 9.21. The second kappa shape index (κ2) is 5.23. The molecule has 1 aliphatic rings. The normalized spacial score (nSPS) is 14.7. The molecular formula is C12H13F2NO2. The van der Waals surface area contributed by atoms with Crippen molar-refractivity contribution in [1.29, 1.82) is 0 Å². The van der Waals surface area contributed by atoms with Crippen molar-refractivity contribution in [2.45, 2.75) is 25.5 Å². The first-order valence-corrected chi connectivity index (χ1v) is 5.48. The van der Waals surface area contributed by atoms with Crippen LogP contribution in [-0.2, 0) is 16.1 Å². The van der Waals surface area contributed by atoms with E-state index >= 15 is 0 Å². The molecule has 1 fully saturated rings. The maximum atomic E-state index is 12.8. The summed E-state index contributed by atoms with van der Waals surface area (Å²) in [7, 11) is 0. The Balaban J connectivity index is 1.75. The molecule has 17 heavy (non-hydrogen) atoms. The molecule has 3 nitrogen and oxygen atoms in total. The van der Waals surface area contributed by atoms with Crippen molar-refractivity contribution >= 4 is 5.97 Å². The summed E-state index contributed by atoms with van der Waals surface area (Å²) < 4.78 is 30.4. The van der Waals surface area contributed by atoms with E-state index in [2.05, 4.69) is 5.32 Å². The average molecular weight is 241 g/mol. The van der Waals surface area contributed by atoms with Gasteiger partial charge in [-0.15, -0.1) is 0 Å². The second-order valence-corrected chi connectivity index (χ2v) is 4.06. The van der Waals surface area contributed by atoms with Crippen LogP contribution in [0.2, 0.25) is 0 Å². The zero-order valence-corrected chi connectivity index (χ0v) is 9.21. The summed E-state index contributed by atoms with van der Waals surface area (Å²) in [6.07, 6.45) is 2.19. The highest BCUT2D eigenvalue weighted by atomic mass is 19.2. The first-order chi connectivity index (χ1) is 8.15. The Bertz CT molecular complexity index is 419. The summed E-state index contributed by atoms with van der Waals surface area (Å²) in [6, 6.07) is 3.86. The van der Waals surface area contributed by atoms with Gasteiger partial charge in [-0.25, -0.2) is 8.78 Å². The van der Waals surface area contributed by atoms with Gasteiger partial charge in [0.1, 0.15) is 6.61 Å². The van der Waals surface area contributed by atoms with Gasteiger partial charge in [-0.2, -0.15) is 0 Å². The molecule has 0 aliphatic heterocycles. The highest BCUT2D eigenvalue weighted by Crippen LogP contribution is 2.18. The van der Waals surface area contributed by atoms with Crippen LogP contribution in [0.5, 0.6) is 0 Å². The molecule has 0 atom stereocenters. The lowest BCUT2D eigenvalue weighted by atomic mass is 10.2. The van der Waals surface area contributed by atoms with Crippen LogP contribution in [0.15, 0.2) is 18.2 Å². The molecule has 1 saturated carbocycles. The summed E-state index contributed by atoms with van der Waals surface area (Å²) in [4.78, 5) is 11.2. The molecule has 0 saturated heterocycles. The van der Waals surface area contributed by atoms with Crippen molar-refractivity contribution in [1.82, 2.24) is 5.32 Å². The quantitative estimate of drug-likeness (QED) is 0.798. The molecule has 1 aromatic carbocycles. The number of esters is 1. The van der Waals surface area contributed by atoms with Crippen LogP contribution in [-0.4, -0.2) is 18.6 Å². The first-order valence-electron chi connectivity index (χ1n) is 5.48. The van der Waals surface area contributed by atoms with Crippen LogP contribution in [0.4, 0.5) is 8.78 Å². The smallest absolute Gasteiger partial charge is 0.320 e. The van der Waals surface area contributed by atoms with Crippen LogP contribution in [0.25, 0.3) is 0 Å². The van der Waals surface area contributed by atoms with E-state index in [1.165, 1.54) is 6.07 Å². The number of benzene rings is 1. The Morgan fingerprint density at radius 3 is 2.76 bits per heavy atom. The molecule has 92 valence electrons. The zero-order chi connectivity index (χ0) is 12.3. The Morgan fingerprint density at radius 2 is 2.12 bits per heavy atom. The molecule has 0 spiro atoms. The van der Waals surface area contributed by atoms with Gasteiger partial charge < -0.3 is 10.1 Å². The largest absolute Gasteiger partial charge is 0.460 e. The minimum atomic E-state index is -0.936. The van der Waals surface area contributed by atoms with Gasteiger partial charge in [0.25, 0.3) is 0 Å². The van der Waals surface area contributed by atoms with Gasteiger partial charge in [-0.1, -0.05) is 6.07 Å². The van der Waals surface area contributed by atoms with Crippen molar-refractivity contribution in [3.05, 3.63) is 35.4 Å². The molecule has 0 aromatic heterocycles. The second-order valence-electron chi connectivity index (χ2n) is 4.06. The number of ether oxygens (including phenoxy) is 1. The number of rotatable bonds is 5. The van der Waals surface area contributed by atoms with Gasteiger partial charge in [0.05, 0.1) is 6.54 Å². The average Bonchev–Trinajstić information content (AvgIpc) is 3.12. The highest BCUT2D eigenvalue weighted by molar-refractivity contribution is 5.71. The molecule has 5 heteroatoms. The number of carbonyl (C=O) groups is 1. The molecule has 1 aliphatic carbocycles. The number of halogens is 2. The van der Waals surface area contributed by atoms with E-state index in [0.29, 0.717) is 11.6 Å². The number of nitrogens with one attached hydrogen (secondary N) is 1. The molecular weight excluding hydrogens is 228 g/mol. The van der Waals surface area contributed by atoms with Crippen LogP contribution in [0.1, 0.15) is 18.4 Å². The Kier molecular flexibility index (Phi) is 3.68. The van der Waals surface area contributed by atoms with E-state index in [1.807, 2.05) is 0 Å². The predicted octanol–water partition coefficient (Wildman–Crippen LogP) is 1.76. The third-order valence-corrected chi connectivity index (χ3v) is 2.50. The fourth-order valence-electron chi connectivity index (χ4n) is 1.36. The molecule has 0 heterocycles. The van der Waals surface area contributed by atoms with Gasteiger partial charge in [-0.05, 0) is 30.5 Å². The van der Waals surface area contributed by atoms with Crippen molar-refractivity contribution in [3.63, 3.8) is 0 Å². The summed E-state index contributed by atoms with van der Waals surface area (Å²) in [6.45, 7) is 0.122. The molecule has 1 aromatic rings. The first kappa shape index (κ1) is 12.0. The maximum Gasteiger partial charge on any atom is 0.320 e. The molecule has 0 unspecified atom stereocenters. The Labute approximate surface area is 97.8 Å². The Hall–Kier alpha value is -1.49. The topological polar surface area (TPSA) is 38.3 Å². The number of carbonyl (C=O) groups excluding carboxylic acids is 1. The number of hydrogen-bond donors (Lipinski definition) is 1. The summed E-state index contributed by atoms with van der Waals surface area (Å²) in [5.74, 6) is -2.23. The van der Waals surface area contributed by atoms with Crippen molar-refractivity contribution in [2.75, 3.05) is 6.54 Å². The van der Waals surface area contributed by atoms with E-state index < -0.39 is 11.6 Å². The van der Waals surface area contributed by atoms with E-state index in [9.17, 15) is 13.6 Å². The standard InChI is InChI=1S/C12H13F2NO2/c13-10-4-1-8(5-11(10)14)7-17-12(16)6-15-9-2-3-9/h1,4-5,9,15H,2-3,6-7H2. The van der Waals surface area contributed by atoms with Crippen LogP contribution < -0.4 is 5.32 Å². The summed E-state index contributed by atoms with van der Waals surface area (Å²) in [5.41, 5.74) is 0.434. The van der Waals surface area contributed by atoms with E-state index in [0.717, 1.165) is 25.0 Å². The van der Waals surface area contributed by atoms with Crippen LogP contribution >= 0.6 is 0 Å². The van der Waals surface area contributed by atoms with Gasteiger partial charge in [0.15, 0.2) is 11.6 Å². The number of hydrogen-bond acceptors (Lipinski definition) is 3. The van der Waals surface area contributed by atoms with Gasteiger partial charge in [0, 0.05) is 6.04 Å². The van der Waals surface area contributed by atoms with Crippen LogP contribution in [0.3, 0.4) is 0 Å². The predicted molar refractivity (Wildman–Crippen MR) is 57.2 cm³/mol. The van der Waals surface area contributed by atoms with Crippen molar-refractivity contribution in [2.24, 2.45) is 0 Å². The van der Waals surface area contributed by atoms with Gasteiger partial charge in [0.2, 0.25) is 0 Å². The van der Waals surface area contributed by atoms with Gasteiger partial charge in [-0.3, -0.25) is 4.79 Å². The van der Waals surface area contributed by atoms with Crippen molar-refractivity contribution in [3.8, 4) is 0 Å². The molecule has 1 N–H and O–H groups in total. The minimum Gasteiger partial charge on any atom is -0.460 e. The van der Waals surface area contributed by atoms with E-state index in [-0.39, 0.29) is 19.1 Å². The Morgan fingerprint density at radius 1 is 1.35 bits per heavy atom. The summed E-state index contributed by atoms with van der Waals surface area (Å²) in [5, 5.41) is 3.00. The molecule has 0 amide bonds. The highest BCUT2D eigenvalue weighted by Gasteiger charge is 2.21. The van der Waals surface area contributed by atoms with E-state index in [4.69, 9.17) is 4.74 Å². The SMILES string of the molecule is O=C(CNC1CC1)OCc1ccc(F)c(F)c1. The fourth-order valence-corrected chi connectivity index (χ4v) is 1.36.